The molecule has 1 unspecified atom stereocenters. The van der Waals surface area contributed by atoms with Crippen molar-refractivity contribution in [2.75, 3.05) is 6.61 Å². The molecule has 4 heteroatoms. The van der Waals surface area contributed by atoms with Crippen LogP contribution in [0.1, 0.15) is 31.9 Å². The van der Waals surface area contributed by atoms with Gasteiger partial charge in [0.05, 0.1) is 6.10 Å². The van der Waals surface area contributed by atoms with Crippen molar-refractivity contribution < 1.29 is 14.3 Å². The fraction of sp³-hybridized carbons (Fsp3) is 0.533. The second-order valence-electron chi connectivity index (χ2n) is 5.12. The predicted molar refractivity (Wildman–Crippen MR) is 75.3 cm³/mol. The van der Waals surface area contributed by atoms with E-state index in [1.165, 1.54) is 0 Å². The smallest absolute Gasteiger partial charge is 0.344 e. The lowest BCUT2D eigenvalue weighted by Crippen LogP contribution is -2.21. The summed E-state index contributed by atoms with van der Waals surface area (Å²) >= 11 is 0. The number of carbonyl (C=O) groups is 1. The molecule has 0 bridgehead atoms. The lowest BCUT2D eigenvalue weighted by atomic mass is 10.0. The SMILES string of the molecule is Cc1ccc(OCC(=O)OC(C)C)c(CC(C)N)c1. The maximum Gasteiger partial charge on any atom is 0.344 e. The molecule has 0 fully saturated rings. The Bertz CT molecular complexity index is 427. The van der Waals surface area contributed by atoms with E-state index >= 15 is 0 Å². The van der Waals surface area contributed by atoms with Crippen LogP contribution < -0.4 is 10.5 Å². The van der Waals surface area contributed by atoms with Crippen LogP contribution in [0.25, 0.3) is 0 Å². The van der Waals surface area contributed by atoms with Crippen LogP contribution >= 0.6 is 0 Å². The van der Waals surface area contributed by atoms with E-state index in [1.54, 1.807) is 0 Å². The first-order chi connectivity index (χ1) is 8.88. The maximum absolute atomic E-state index is 11.5. The Kier molecular flexibility index (Phi) is 5.83. The number of nitrogens with two attached hydrogens (primary N) is 1. The van der Waals surface area contributed by atoms with Crippen LogP contribution in [0, 0.1) is 6.92 Å². The lowest BCUT2D eigenvalue weighted by molar-refractivity contribution is -0.149. The maximum atomic E-state index is 11.5. The van der Waals surface area contributed by atoms with Crippen LogP contribution in [0.2, 0.25) is 0 Å². The molecule has 1 aromatic rings. The molecule has 0 saturated heterocycles. The summed E-state index contributed by atoms with van der Waals surface area (Å²) in [7, 11) is 0. The largest absolute Gasteiger partial charge is 0.482 e. The molecule has 19 heavy (non-hydrogen) atoms. The van der Waals surface area contributed by atoms with E-state index in [2.05, 4.69) is 0 Å². The van der Waals surface area contributed by atoms with Crippen LogP contribution in [0.3, 0.4) is 0 Å². The van der Waals surface area contributed by atoms with Crippen LogP contribution in [0.4, 0.5) is 0 Å². The third-order valence-corrected chi connectivity index (χ3v) is 2.47. The Balaban J connectivity index is 2.69. The molecule has 0 aliphatic rings. The highest BCUT2D eigenvalue weighted by atomic mass is 16.6. The number of hydrogen-bond donors (Lipinski definition) is 1. The van der Waals surface area contributed by atoms with Gasteiger partial charge in [-0.15, -0.1) is 0 Å². The molecule has 1 atom stereocenters. The van der Waals surface area contributed by atoms with Crippen LogP contribution in [-0.4, -0.2) is 24.7 Å². The van der Waals surface area contributed by atoms with Crippen molar-refractivity contribution in [3.05, 3.63) is 29.3 Å². The molecular weight excluding hydrogens is 242 g/mol. The van der Waals surface area contributed by atoms with Gasteiger partial charge < -0.3 is 15.2 Å². The zero-order valence-corrected chi connectivity index (χ0v) is 12.1. The van der Waals surface area contributed by atoms with Gasteiger partial charge in [0, 0.05) is 6.04 Å². The first-order valence-electron chi connectivity index (χ1n) is 6.56. The average molecular weight is 265 g/mol. The van der Waals surface area contributed by atoms with Gasteiger partial charge in [0.1, 0.15) is 5.75 Å². The van der Waals surface area contributed by atoms with Crippen molar-refractivity contribution in [2.45, 2.75) is 46.3 Å². The van der Waals surface area contributed by atoms with Crippen LogP contribution in [0.5, 0.6) is 5.75 Å². The number of esters is 1. The van der Waals surface area contributed by atoms with Crippen molar-refractivity contribution in [3.8, 4) is 5.75 Å². The van der Waals surface area contributed by atoms with Crippen molar-refractivity contribution in [3.63, 3.8) is 0 Å². The average Bonchev–Trinajstić information content (AvgIpc) is 2.26. The van der Waals surface area contributed by atoms with E-state index < -0.39 is 0 Å². The third kappa shape index (κ3) is 5.75. The summed E-state index contributed by atoms with van der Waals surface area (Å²) in [5, 5.41) is 0. The fourth-order valence-electron chi connectivity index (χ4n) is 1.79. The van der Waals surface area contributed by atoms with Crippen LogP contribution in [-0.2, 0) is 16.0 Å². The second kappa shape index (κ2) is 7.14. The van der Waals surface area contributed by atoms with Gasteiger partial charge in [-0.25, -0.2) is 4.79 Å². The topological polar surface area (TPSA) is 61.5 Å². The van der Waals surface area contributed by atoms with Gasteiger partial charge in [0.25, 0.3) is 0 Å². The van der Waals surface area contributed by atoms with Gasteiger partial charge in [-0.2, -0.15) is 0 Å². The van der Waals surface area contributed by atoms with E-state index in [4.69, 9.17) is 15.2 Å². The van der Waals surface area contributed by atoms with Crippen molar-refractivity contribution >= 4 is 5.97 Å². The van der Waals surface area contributed by atoms with Crippen LogP contribution in [0.15, 0.2) is 18.2 Å². The van der Waals surface area contributed by atoms with Crippen molar-refractivity contribution in [1.82, 2.24) is 0 Å². The fourth-order valence-corrected chi connectivity index (χ4v) is 1.79. The molecule has 0 amide bonds. The number of rotatable bonds is 6. The Labute approximate surface area is 114 Å². The minimum absolute atomic E-state index is 0.0479. The summed E-state index contributed by atoms with van der Waals surface area (Å²) in [6.45, 7) is 7.50. The number of aryl methyl sites for hydroxylation is 1. The molecule has 0 aliphatic heterocycles. The molecule has 1 aromatic carbocycles. The van der Waals surface area contributed by atoms with Gasteiger partial charge in [-0.1, -0.05) is 17.7 Å². The predicted octanol–water partition coefficient (Wildman–Crippen LogP) is 2.22. The Morgan fingerprint density at radius 3 is 2.58 bits per heavy atom. The van der Waals surface area contributed by atoms with E-state index in [1.807, 2.05) is 45.9 Å². The van der Waals surface area contributed by atoms with Crippen molar-refractivity contribution in [1.29, 1.82) is 0 Å². The Morgan fingerprint density at radius 2 is 2.00 bits per heavy atom. The summed E-state index contributed by atoms with van der Waals surface area (Å²) in [6.07, 6.45) is 0.591. The molecule has 0 radical (unpaired) electrons. The van der Waals surface area contributed by atoms with E-state index in [0.717, 1.165) is 17.5 Å². The highest BCUT2D eigenvalue weighted by molar-refractivity contribution is 5.71. The van der Waals surface area contributed by atoms with E-state index in [-0.39, 0.29) is 24.7 Å². The molecule has 2 N–H and O–H groups in total. The summed E-state index contributed by atoms with van der Waals surface area (Å²) in [5.74, 6) is 0.339. The second-order valence-corrected chi connectivity index (χ2v) is 5.12. The highest BCUT2D eigenvalue weighted by Crippen LogP contribution is 2.21. The zero-order chi connectivity index (χ0) is 14.4. The summed E-state index contributed by atoms with van der Waals surface area (Å²) < 4.78 is 10.6. The van der Waals surface area contributed by atoms with Gasteiger partial charge >= 0.3 is 5.97 Å². The van der Waals surface area contributed by atoms with E-state index in [9.17, 15) is 4.79 Å². The number of ether oxygens (including phenoxy) is 2. The standard InChI is InChI=1S/C15H23NO3/c1-10(2)19-15(17)9-18-14-6-5-11(3)7-13(14)8-12(4)16/h5-7,10,12H,8-9,16H2,1-4H3. The number of hydrogen-bond acceptors (Lipinski definition) is 4. The van der Waals surface area contributed by atoms with Gasteiger partial charge in [0.2, 0.25) is 0 Å². The molecule has 0 heterocycles. The molecule has 0 aliphatic carbocycles. The Hall–Kier alpha value is -1.55. The molecule has 1 rings (SSSR count). The summed E-state index contributed by atoms with van der Waals surface area (Å²) in [5.41, 5.74) is 7.98. The molecule has 0 aromatic heterocycles. The molecule has 4 nitrogen and oxygen atoms in total. The normalized spacial score (nSPS) is 12.3. The summed E-state index contributed by atoms with van der Waals surface area (Å²) in [4.78, 5) is 11.5. The zero-order valence-electron chi connectivity index (χ0n) is 12.1. The van der Waals surface area contributed by atoms with Crippen molar-refractivity contribution in [2.24, 2.45) is 5.73 Å². The minimum atomic E-state index is -0.359. The monoisotopic (exact) mass is 265 g/mol. The van der Waals surface area contributed by atoms with E-state index in [0.29, 0.717) is 5.75 Å². The van der Waals surface area contributed by atoms with Gasteiger partial charge in [-0.05, 0) is 45.7 Å². The lowest BCUT2D eigenvalue weighted by Gasteiger charge is -2.14. The number of carbonyl (C=O) groups excluding carboxylic acids is 1. The summed E-state index contributed by atoms with van der Waals surface area (Å²) in [6, 6.07) is 5.91. The first-order valence-corrected chi connectivity index (χ1v) is 6.56. The quantitative estimate of drug-likeness (QED) is 0.801. The number of benzene rings is 1. The third-order valence-electron chi connectivity index (χ3n) is 2.47. The highest BCUT2D eigenvalue weighted by Gasteiger charge is 2.10. The van der Waals surface area contributed by atoms with Gasteiger partial charge in [0.15, 0.2) is 6.61 Å². The first kappa shape index (κ1) is 15.5. The Morgan fingerprint density at radius 1 is 1.32 bits per heavy atom. The molecule has 0 spiro atoms. The minimum Gasteiger partial charge on any atom is -0.482 e. The van der Waals surface area contributed by atoms with Gasteiger partial charge in [-0.3, -0.25) is 0 Å². The molecule has 0 saturated carbocycles. The molecule has 106 valence electrons. The molecular formula is C15H23NO3.